The molecule has 1 aliphatic rings. The number of hydrogen-bond donors (Lipinski definition) is 0. The Morgan fingerprint density at radius 2 is 1.78 bits per heavy atom. The molecule has 0 bridgehead atoms. The summed E-state index contributed by atoms with van der Waals surface area (Å²) in [5, 5.41) is 0. The van der Waals surface area contributed by atoms with Gasteiger partial charge in [-0.05, 0) is 43.4 Å². The third-order valence-electron chi connectivity index (χ3n) is 4.72. The third-order valence-corrected chi connectivity index (χ3v) is 4.72. The van der Waals surface area contributed by atoms with Crippen LogP contribution < -0.4 is 0 Å². The van der Waals surface area contributed by atoms with Crippen molar-refractivity contribution in [3.8, 4) is 0 Å². The first-order valence-electron chi connectivity index (χ1n) is 7.08. The summed E-state index contributed by atoms with van der Waals surface area (Å²) in [6.07, 6.45) is 0. The third kappa shape index (κ3) is 2.33. The maximum absolute atomic E-state index is 2.52. The predicted octanol–water partition coefficient (Wildman–Crippen LogP) is 4.07. The summed E-state index contributed by atoms with van der Waals surface area (Å²) in [6, 6.07) is 9.57. The highest BCUT2D eigenvalue weighted by atomic mass is 15.2. The standard InChI is InChI=1S/C17H27N/c1-12-9-7-8-10-14(12)15-11-18(6)13(2)16(15)17(3,4)5/h7-10,13,15-16H,11H2,1-6H3/t13?,15-,16?/m0/s1. The SMILES string of the molecule is Cc1ccccc1[C@@H]1CN(C)C(C)C1C(C)(C)C. The molecular weight excluding hydrogens is 218 g/mol. The van der Waals surface area contributed by atoms with Crippen LogP contribution in [-0.4, -0.2) is 24.5 Å². The Morgan fingerprint density at radius 1 is 1.17 bits per heavy atom. The van der Waals surface area contributed by atoms with Gasteiger partial charge in [-0.1, -0.05) is 45.0 Å². The Kier molecular flexibility index (Phi) is 3.55. The van der Waals surface area contributed by atoms with Gasteiger partial charge in [0.2, 0.25) is 0 Å². The quantitative estimate of drug-likeness (QED) is 0.721. The largest absolute Gasteiger partial charge is 0.303 e. The molecule has 0 aliphatic carbocycles. The lowest BCUT2D eigenvalue weighted by atomic mass is 9.69. The summed E-state index contributed by atoms with van der Waals surface area (Å²) in [7, 11) is 2.27. The first-order valence-corrected chi connectivity index (χ1v) is 7.08. The second-order valence-electron chi connectivity index (χ2n) is 7.04. The monoisotopic (exact) mass is 245 g/mol. The van der Waals surface area contributed by atoms with Crippen molar-refractivity contribution in [2.75, 3.05) is 13.6 Å². The molecule has 100 valence electrons. The van der Waals surface area contributed by atoms with Crippen molar-refractivity contribution in [2.45, 2.75) is 46.6 Å². The fourth-order valence-corrected chi connectivity index (χ4v) is 3.82. The van der Waals surface area contributed by atoms with E-state index in [0.29, 0.717) is 17.4 Å². The summed E-state index contributed by atoms with van der Waals surface area (Å²) in [5.41, 5.74) is 3.35. The molecule has 18 heavy (non-hydrogen) atoms. The molecule has 0 N–H and O–H groups in total. The van der Waals surface area contributed by atoms with Crippen LogP contribution in [0.25, 0.3) is 0 Å². The number of rotatable bonds is 1. The molecule has 2 rings (SSSR count). The van der Waals surface area contributed by atoms with E-state index in [2.05, 4.69) is 70.8 Å². The van der Waals surface area contributed by atoms with Gasteiger partial charge >= 0.3 is 0 Å². The number of likely N-dealkylation sites (N-methyl/N-ethyl adjacent to an activating group) is 1. The van der Waals surface area contributed by atoms with Gasteiger partial charge in [0.25, 0.3) is 0 Å². The summed E-state index contributed by atoms with van der Waals surface area (Å²) in [4.78, 5) is 2.52. The molecule has 0 spiro atoms. The molecule has 0 aromatic heterocycles. The highest BCUT2D eigenvalue weighted by Crippen LogP contribution is 2.46. The molecule has 1 fully saturated rings. The number of hydrogen-bond acceptors (Lipinski definition) is 1. The Bertz CT molecular complexity index is 416. The second kappa shape index (κ2) is 4.70. The Balaban J connectivity index is 2.41. The highest BCUT2D eigenvalue weighted by Gasteiger charge is 2.44. The van der Waals surface area contributed by atoms with Crippen molar-refractivity contribution < 1.29 is 0 Å². The van der Waals surface area contributed by atoms with Crippen LogP contribution in [-0.2, 0) is 0 Å². The van der Waals surface area contributed by atoms with Crippen LogP contribution in [0, 0.1) is 18.3 Å². The fourth-order valence-electron chi connectivity index (χ4n) is 3.82. The van der Waals surface area contributed by atoms with Gasteiger partial charge in [0.15, 0.2) is 0 Å². The summed E-state index contributed by atoms with van der Waals surface area (Å²) < 4.78 is 0. The van der Waals surface area contributed by atoms with Crippen LogP contribution in [0.2, 0.25) is 0 Å². The average Bonchev–Trinajstić information content (AvgIpc) is 2.55. The topological polar surface area (TPSA) is 3.24 Å². The molecule has 1 nitrogen and oxygen atoms in total. The maximum Gasteiger partial charge on any atom is 0.0104 e. The summed E-state index contributed by atoms with van der Waals surface area (Å²) >= 11 is 0. The van der Waals surface area contributed by atoms with Crippen molar-refractivity contribution in [1.82, 2.24) is 4.90 Å². The smallest absolute Gasteiger partial charge is 0.0104 e. The van der Waals surface area contributed by atoms with Crippen LogP contribution in [0.4, 0.5) is 0 Å². The van der Waals surface area contributed by atoms with E-state index in [-0.39, 0.29) is 0 Å². The number of benzene rings is 1. The lowest BCUT2D eigenvalue weighted by Crippen LogP contribution is -2.34. The molecule has 1 heterocycles. The van der Waals surface area contributed by atoms with Gasteiger partial charge in [-0.25, -0.2) is 0 Å². The maximum atomic E-state index is 2.52. The van der Waals surface area contributed by atoms with E-state index >= 15 is 0 Å². The van der Waals surface area contributed by atoms with Gasteiger partial charge in [0, 0.05) is 18.5 Å². The first-order chi connectivity index (χ1) is 8.32. The van der Waals surface area contributed by atoms with E-state index in [0.717, 1.165) is 5.92 Å². The molecule has 1 aromatic rings. The van der Waals surface area contributed by atoms with Gasteiger partial charge in [-0.2, -0.15) is 0 Å². The van der Waals surface area contributed by atoms with Crippen molar-refractivity contribution in [1.29, 1.82) is 0 Å². The summed E-state index contributed by atoms with van der Waals surface area (Å²) in [6.45, 7) is 13.0. The van der Waals surface area contributed by atoms with E-state index < -0.39 is 0 Å². The van der Waals surface area contributed by atoms with E-state index in [1.165, 1.54) is 12.1 Å². The number of aryl methyl sites for hydroxylation is 1. The zero-order valence-corrected chi connectivity index (χ0v) is 12.7. The van der Waals surface area contributed by atoms with Gasteiger partial charge in [-0.3, -0.25) is 0 Å². The molecule has 3 atom stereocenters. The van der Waals surface area contributed by atoms with Crippen molar-refractivity contribution in [2.24, 2.45) is 11.3 Å². The molecule has 0 radical (unpaired) electrons. The minimum atomic E-state index is 0.358. The summed E-state index contributed by atoms with van der Waals surface area (Å²) in [5.74, 6) is 1.40. The van der Waals surface area contributed by atoms with E-state index in [9.17, 15) is 0 Å². The van der Waals surface area contributed by atoms with E-state index in [1.807, 2.05) is 0 Å². The zero-order valence-electron chi connectivity index (χ0n) is 12.7. The van der Waals surface area contributed by atoms with Crippen LogP contribution in [0.1, 0.15) is 44.7 Å². The molecule has 1 saturated heterocycles. The van der Waals surface area contributed by atoms with Gasteiger partial charge in [-0.15, -0.1) is 0 Å². The average molecular weight is 245 g/mol. The Hall–Kier alpha value is -0.820. The van der Waals surface area contributed by atoms with Crippen molar-refractivity contribution in [3.05, 3.63) is 35.4 Å². The predicted molar refractivity (Wildman–Crippen MR) is 79.0 cm³/mol. The second-order valence-corrected chi connectivity index (χ2v) is 7.04. The Labute approximate surface area is 112 Å². The van der Waals surface area contributed by atoms with E-state index in [1.54, 1.807) is 5.56 Å². The Morgan fingerprint density at radius 3 is 2.33 bits per heavy atom. The minimum Gasteiger partial charge on any atom is -0.303 e. The first kappa shape index (κ1) is 13.6. The molecule has 1 aromatic carbocycles. The molecule has 1 aliphatic heterocycles. The zero-order chi connectivity index (χ0) is 13.5. The molecule has 2 unspecified atom stereocenters. The molecule has 0 amide bonds. The number of nitrogens with zero attached hydrogens (tertiary/aromatic N) is 1. The van der Waals surface area contributed by atoms with Crippen LogP contribution >= 0.6 is 0 Å². The fraction of sp³-hybridized carbons (Fsp3) is 0.647. The molecule has 0 saturated carbocycles. The lowest BCUT2D eigenvalue weighted by Gasteiger charge is -2.36. The van der Waals surface area contributed by atoms with Gasteiger partial charge < -0.3 is 4.90 Å². The van der Waals surface area contributed by atoms with Gasteiger partial charge in [0.1, 0.15) is 0 Å². The minimum absolute atomic E-state index is 0.358. The van der Waals surface area contributed by atoms with Gasteiger partial charge in [0.05, 0.1) is 0 Å². The highest BCUT2D eigenvalue weighted by molar-refractivity contribution is 5.32. The van der Waals surface area contributed by atoms with Crippen molar-refractivity contribution in [3.63, 3.8) is 0 Å². The molecule has 1 heteroatoms. The van der Waals surface area contributed by atoms with E-state index in [4.69, 9.17) is 0 Å². The number of likely N-dealkylation sites (tertiary alicyclic amines) is 1. The van der Waals surface area contributed by atoms with Crippen LogP contribution in [0.5, 0.6) is 0 Å². The van der Waals surface area contributed by atoms with Crippen LogP contribution in [0.3, 0.4) is 0 Å². The normalized spacial score (nSPS) is 29.8. The van der Waals surface area contributed by atoms with Crippen molar-refractivity contribution >= 4 is 0 Å². The van der Waals surface area contributed by atoms with Crippen LogP contribution in [0.15, 0.2) is 24.3 Å². The molecular formula is C17H27N. The lowest BCUT2D eigenvalue weighted by molar-refractivity contribution is 0.173.